The van der Waals surface area contributed by atoms with Crippen LogP contribution in [-0.2, 0) is 0 Å². The summed E-state index contributed by atoms with van der Waals surface area (Å²) in [5.74, 6) is 0. The van der Waals surface area contributed by atoms with Gasteiger partial charge in [-0.15, -0.1) is 0 Å². The van der Waals surface area contributed by atoms with E-state index >= 15 is 0 Å². The standard InChI is InChI=1S/C6H10N2O/c7-4-1-5(8)3-6(9)2-4/h1-2,6,9H,3,7-8H2. The number of rotatable bonds is 0. The molecule has 9 heavy (non-hydrogen) atoms. The number of aliphatic hydroxyl groups is 1. The molecule has 0 radical (unpaired) electrons. The van der Waals surface area contributed by atoms with E-state index < -0.39 is 6.10 Å². The Morgan fingerprint density at radius 3 is 2.67 bits per heavy atom. The van der Waals surface area contributed by atoms with Crippen LogP contribution in [-0.4, -0.2) is 11.2 Å². The van der Waals surface area contributed by atoms with Crippen LogP contribution in [0.25, 0.3) is 0 Å². The van der Waals surface area contributed by atoms with Gasteiger partial charge in [-0.3, -0.25) is 0 Å². The van der Waals surface area contributed by atoms with Crippen molar-refractivity contribution < 1.29 is 5.11 Å². The van der Waals surface area contributed by atoms with Gasteiger partial charge in [-0.1, -0.05) is 0 Å². The molecule has 1 rings (SSSR count). The summed E-state index contributed by atoms with van der Waals surface area (Å²) in [4.78, 5) is 0. The molecular formula is C6H10N2O. The lowest BCUT2D eigenvalue weighted by molar-refractivity contribution is 0.220. The lowest BCUT2D eigenvalue weighted by Crippen LogP contribution is -2.16. The van der Waals surface area contributed by atoms with Crippen LogP contribution in [0.5, 0.6) is 0 Å². The fourth-order valence-electron chi connectivity index (χ4n) is 0.844. The first-order chi connectivity index (χ1) is 4.18. The summed E-state index contributed by atoms with van der Waals surface area (Å²) in [5, 5.41) is 8.97. The molecule has 0 aromatic carbocycles. The maximum Gasteiger partial charge on any atom is 0.0797 e. The molecule has 1 unspecified atom stereocenters. The largest absolute Gasteiger partial charge is 0.402 e. The lowest BCUT2D eigenvalue weighted by Gasteiger charge is -2.11. The fourth-order valence-corrected chi connectivity index (χ4v) is 0.844. The Balaban J connectivity index is 2.74. The minimum atomic E-state index is -0.491. The topological polar surface area (TPSA) is 72.3 Å². The highest BCUT2D eigenvalue weighted by Crippen LogP contribution is 2.09. The van der Waals surface area contributed by atoms with Crippen molar-refractivity contribution in [2.45, 2.75) is 12.5 Å². The van der Waals surface area contributed by atoms with Crippen molar-refractivity contribution in [3.05, 3.63) is 23.5 Å². The van der Waals surface area contributed by atoms with E-state index in [1.807, 2.05) is 0 Å². The van der Waals surface area contributed by atoms with Gasteiger partial charge in [0, 0.05) is 17.8 Å². The summed E-state index contributed by atoms with van der Waals surface area (Å²) in [5.41, 5.74) is 11.9. The number of nitrogens with two attached hydrogens (primary N) is 2. The summed E-state index contributed by atoms with van der Waals surface area (Å²) >= 11 is 0. The zero-order chi connectivity index (χ0) is 6.85. The fraction of sp³-hybridized carbons (Fsp3) is 0.333. The highest BCUT2D eigenvalue weighted by atomic mass is 16.3. The number of allylic oxidation sites excluding steroid dienone is 1. The van der Waals surface area contributed by atoms with Crippen molar-refractivity contribution in [3.63, 3.8) is 0 Å². The Morgan fingerprint density at radius 1 is 1.56 bits per heavy atom. The summed E-state index contributed by atoms with van der Waals surface area (Å²) in [6.45, 7) is 0. The van der Waals surface area contributed by atoms with Gasteiger partial charge >= 0.3 is 0 Å². The van der Waals surface area contributed by atoms with Gasteiger partial charge in [-0.2, -0.15) is 0 Å². The van der Waals surface area contributed by atoms with Gasteiger partial charge in [0.1, 0.15) is 0 Å². The molecule has 0 spiro atoms. The van der Waals surface area contributed by atoms with Crippen molar-refractivity contribution in [3.8, 4) is 0 Å². The zero-order valence-corrected chi connectivity index (χ0v) is 5.04. The first kappa shape index (κ1) is 6.16. The summed E-state index contributed by atoms with van der Waals surface area (Å²) in [6, 6.07) is 0. The van der Waals surface area contributed by atoms with Crippen molar-refractivity contribution in [2.75, 3.05) is 0 Å². The van der Waals surface area contributed by atoms with Gasteiger partial charge in [-0.05, 0) is 12.2 Å². The van der Waals surface area contributed by atoms with Gasteiger partial charge < -0.3 is 16.6 Å². The van der Waals surface area contributed by atoms with E-state index in [9.17, 15) is 0 Å². The quantitative estimate of drug-likeness (QED) is 0.407. The number of hydrogen-bond acceptors (Lipinski definition) is 3. The molecule has 0 aromatic heterocycles. The molecule has 3 nitrogen and oxygen atoms in total. The Bertz CT molecular complexity index is 172. The minimum absolute atomic E-state index is 0.491. The first-order valence-electron chi connectivity index (χ1n) is 2.80. The van der Waals surface area contributed by atoms with Crippen LogP contribution in [0.2, 0.25) is 0 Å². The molecule has 0 fully saturated rings. The average Bonchev–Trinajstić information content (AvgIpc) is 1.59. The predicted octanol–water partition coefficient (Wildman–Crippen LogP) is -0.564. The van der Waals surface area contributed by atoms with Gasteiger partial charge in [0.25, 0.3) is 0 Å². The van der Waals surface area contributed by atoms with Crippen LogP contribution in [0, 0.1) is 0 Å². The molecular weight excluding hydrogens is 116 g/mol. The highest BCUT2D eigenvalue weighted by Gasteiger charge is 2.07. The average molecular weight is 126 g/mol. The van der Waals surface area contributed by atoms with Gasteiger partial charge in [0.15, 0.2) is 0 Å². The molecule has 1 aliphatic carbocycles. The molecule has 0 bridgehead atoms. The third-order valence-corrected chi connectivity index (χ3v) is 1.18. The molecule has 0 aliphatic heterocycles. The Hall–Kier alpha value is -0.960. The molecule has 0 saturated carbocycles. The summed E-state index contributed by atoms with van der Waals surface area (Å²) in [6.07, 6.45) is 3.25. The van der Waals surface area contributed by atoms with Gasteiger partial charge in [-0.25, -0.2) is 0 Å². The number of hydrogen-bond donors (Lipinski definition) is 3. The molecule has 1 aliphatic rings. The van der Waals surface area contributed by atoms with E-state index in [1.165, 1.54) is 0 Å². The van der Waals surface area contributed by atoms with Gasteiger partial charge in [0.2, 0.25) is 0 Å². The second-order valence-electron chi connectivity index (χ2n) is 2.16. The minimum Gasteiger partial charge on any atom is -0.402 e. The molecule has 5 N–H and O–H groups in total. The van der Waals surface area contributed by atoms with Crippen molar-refractivity contribution >= 4 is 0 Å². The smallest absolute Gasteiger partial charge is 0.0797 e. The maximum absolute atomic E-state index is 8.97. The van der Waals surface area contributed by atoms with E-state index in [0.717, 1.165) is 0 Å². The van der Waals surface area contributed by atoms with Crippen LogP contribution in [0.15, 0.2) is 23.5 Å². The van der Waals surface area contributed by atoms with E-state index in [1.54, 1.807) is 12.2 Å². The van der Waals surface area contributed by atoms with Crippen molar-refractivity contribution in [2.24, 2.45) is 11.5 Å². The Kier molecular flexibility index (Phi) is 1.44. The third kappa shape index (κ3) is 1.47. The van der Waals surface area contributed by atoms with Gasteiger partial charge in [0.05, 0.1) is 6.10 Å². The Labute approximate surface area is 53.7 Å². The molecule has 50 valence electrons. The second kappa shape index (κ2) is 2.11. The van der Waals surface area contributed by atoms with E-state index in [2.05, 4.69) is 0 Å². The highest BCUT2D eigenvalue weighted by molar-refractivity contribution is 5.25. The molecule has 0 heterocycles. The first-order valence-corrected chi connectivity index (χ1v) is 2.80. The third-order valence-electron chi connectivity index (χ3n) is 1.18. The van der Waals surface area contributed by atoms with Crippen LogP contribution < -0.4 is 11.5 Å². The molecule has 3 heteroatoms. The normalized spacial score (nSPS) is 27.0. The van der Waals surface area contributed by atoms with Crippen molar-refractivity contribution in [1.82, 2.24) is 0 Å². The van der Waals surface area contributed by atoms with E-state index in [0.29, 0.717) is 17.8 Å². The molecule has 1 atom stereocenters. The molecule has 0 aromatic rings. The van der Waals surface area contributed by atoms with Crippen molar-refractivity contribution in [1.29, 1.82) is 0 Å². The summed E-state index contributed by atoms with van der Waals surface area (Å²) in [7, 11) is 0. The predicted molar refractivity (Wildman–Crippen MR) is 35.2 cm³/mol. The monoisotopic (exact) mass is 126 g/mol. The summed E-state index contributed by atoms with van der Waals surface area (Å²) < 4.78 is 0. The van der Waals surface area contributed by atoms with E-state index in [4.69, 9.17) is 16.6 Å². The molecule has 0 saturated heterocycles. The SMILES string of the molecule is NC1=CC(O)CC(N)=C1. The zero-order valence-electron chi connectivity index (χ0n) is 5.04. The Morgan fingerprint density at radius 2 is 2.22 bits per heavy atom. The van der Waals surface area contributed by atoms with Crippen LogP contribution in [0.1, 0.15) is 6.42 Å². The van der Waals surface area contributed by atoms with Crippen LogP contribution in [0.4, 0.5) is 0 Å². The maximum atomic E-state index is 8.97. The second-order valence-corrected chi connectivity index (χ2v) is 2.16. The van der Waals surface area contributed by atoms with Crippen LogP contribution >= 0.6 is 0 Å². The number of aliphatic hydroxyl groups excluding tert-OH is 1. The van der Waals surface area contributed by atoms with Crippen LogP contribution in [0.3, 0.4) is 0 Å². The lowest BCUT2D eigenvalue weighted by atomic mass is 10.1. The molecule has 0 amide bonds. The van der Waals surface area contributed by atoms with E-state index in [-0.39, 0.29) is 0 Å².